The Balaban J connectivity index is 2.33. The summed E-state index contributed by atoms with van der Waals surface area (Å²) in [5.74, 6) is -0.290. The van der Waals surface area contributed by atoms with Crippen molar-refractivity contribution in [1.82, 2.24) is 30.4 Å². The molecule has 0 aliphatic rings. The molecular formula is C6H6N6O. The Bertz CT molecular complexity index is 416. The van der Waals surface area contributed by atoms with Crippen molar-refractivity contribution in [3.63, 3.8) is 0 Å². The van der Waals surface area contributed by atoms with Gasteiger partial charge in [0, 0.05) is 7.05 Å². The first-order chi connectivity index (χ1) is 6.27. The molecule has 66 valence electrons. The van der Waals surface area contributed by atoms with Crippen LogP contribution < -0.4 is 0 Å². The van der Waals surface area contributed by atoms with E-state index in [-0.39, 0.29) is 17.2 Å². The van der Waals surface area contributed by atoms with E-state index in [0.29, 0.717) is 0 Å². The second-order valence-corrected chi connectivity index (χ2v) is 2.46. The Hall–Kier alpha value is -2.05. The minimum absolute atomic E-state index is 0.237. The molecule has 2 rings (SSSR count). The second kappa shape index (κ2) is 2.77. The monoisotopic (exact) mass is 178 g/mol. The zero-order valence-corrected chi connectivity index (χ0v) is 6.80. The molecule has 0 saturated carbocycles. The molecule has 1 N–H and O–H groups in total. The summed E-state index contributed by atoms with van der Waals surface area (Å²) in [6.07, 6.45) is 2.87. The van der Waals surface area contributed by atoms with E-state index in [4.69, 9.17) is 0 Å². The van der Waals surface area contributed by atoms with E-state index in [9.17, 15) is 4.79 Å². The van der Waals surface area contributed by atoms with E-state index in [1.807, 2.05) is 0 Å². The van der Waals surface area contributed by atoms with Crippen molar-refractivity contribution in [3.8, 4) is 0 Å². The number of hydrogen-bond donors (Lipinski definition) is 1. The lowest BCUT2D eigenvalue weighted by atomic mass is 10.2. The highest BCUT2D eigenvalue weighted by Gasteiger charge is 2.14. The topological polar surface area (TPSA) is 89.4 Å². The van der Waals surface area contributed by atoms with Crippen LogP contribution in [0.2, 0.25) is 0 Å². The molecule has 0 fully saturated rings. The van der Waals surface area contributed by atoms with Gasteiger partial charge in [-0.1, -0.05) is 5.21 Å². The lowest BCUT2D eigenvalue weighted by molar-refractivity contribution is 0.102. The van der Waals surface area contributed by atoms with E-state index < -0.39 is 0 Å². The summed E-state index contributed by atoms with van der Waals surface area (Å²) in [5.41, 5.74) is 0.497. The summed E-state index contributed by atoms with van der Waals surface area (Å²) < 4.78 is 1.45. The van der Waals surface area contributed by atoms with Crippen LogP contribution in [0, 0.1) is 0 Å². The number of hydrogen-bond acceptors (Lipinski definition) is 5. The van der Waals surface area contributed by atoms with Crippen molar-refractivity contribution >= 4 is 5.78 Å². The summed E-state index contributed by atoms with van der Waals surface area (Å²) in [7, 11) is 1.69. The smallest absolute Gasteiger partial charge is 0.236 e. The van der Waals surface area contributed by atoms with Crippen LogP contribution in [0.1, 0.15) is 16.2 Å². The molecule has 0 amide bonds. The molecule has 0 bridgehead atoms. The molecule has 0 spiro atoms. The number of H-pyrrole nitrogens is 1. The molecule has 7 heteroatoms. The van der Waals surface area contributed by atoms with Gasteiger partial charge in [-0.3, -0.25) is 9.48 Å². The Morgan fingerprint density at radius 3 is 2.92 bits per heavy atom. The van der Waals surface area contributed by atoms with Crippen LogP contribution in [0.3, 0.4) is 0 Å². The highest BCUT2D eigenvalue weighted by Crippen LogP contribution is 2.00. The SMILES string of the molecule is Cn1cc(C(=O)c2cn[nH]n2)nn1. The molecule has 0 aromatic carbocycles. The summed E-state index contributed by atoms with van der Waals surface area (Å²) in [6, 6.07) is 0. The minimum atomic E-state index is -0.290. The number of aryl methyl sites for hydroxylation is 1. The van der Waals surface area contributed by atoms with Crippen LogP contribution in [0.4, 0.5) is 0 Å². The molecule has 2 aromatic rings. The van der Waals surface area contributed by atoms with Crippen molar-refractivity contribution < 1.29 is 4.79 Å². The third-order valence-corrected chi connectivity index (χ3v) is 1.48. The number of carbonyl (C=O) groups is 1. The highest BCUT2D eigenvalue weighted by molar-refractivity contribution is 6.05. The summed E-state index contributed by atoms with van der Waals surface area (Å²) in [5, 5.41) is 16.8. The molecule has 0 saturated heterocycles. The van der Waals surface area contributed by atoms with E-state index in [1.165, 1.54) is 17.1 Å². The maximum absolute atomic E-state index is 11.5. The third kappa shape index (κ3) is 1.31. The fourth-order valence-corrected chi connectivity index (χ4v) is 0.894. The molecule has 7 nitrogen and oxygen atoms in total. The first-order valence-corrected chi connectivity index (χ1v) is 3.54. The Morgan fingerprint density at radius 2 is 2.38 bits per heavy atom. The van der Waals surface area contributed by atoms with Crippen LogP contribution >= 0.6 is 0 Å². The first-order valence-electron chi connectivity index (χ1n) is 3.54. The number of aromatic nitrogens is 6. The number of rotatable bonds is 2. The maximum atomic E-state index is 11.5. The van der Waals surface area contributed by atoms with Gasteiger partial charge in [0.15, 0.2) is 11.4 Å². The predicted octanol–water partition coefficient (Wildman–Crippen LogP) is -0.836. The third-order valence-electron chi connectivity index (χ3n) is 1.48. The molecule has 0 radical (unpaired) electrons. The maximum Gasteiger partial charge on any atom is 0.236 e. The van der Waals surface area contributed by atoms with Crippen LogP contribution in [0.15, 0.2) is 12.4 Å². The molecule has 13 heavy (non-hydrogen) atoms. The second-order valence-electron chi connectivity index (χ2n) is 2.46. The zero-order chi connectivity index (χ0) is 9.26. The highest BCUT2D eigenvalue weighted by atomic mass is 16.1. The number of aromatic amines is 1. The minimum Gasteiger partial charge on any atom is -0.285 e. The number of carbonyl (C=O) groups excluding carboxylic acids is 1. The van der Waals surface area contributed by atoms with Gasteiger partial charge in [-0.05, 0) is 0 Å². The van der Waals surface area contributed by atoms with Crippen molar-refractivity contribution in [3.05, 3.63) is 23.8 Å². The average Bonchev–Trinajstić information content (AvgIpc) is 2.72. The van der Waals surface area contributed by atoms with E-state index in [0.717, 1.165) is 0 Å². The van der Waals surface area contributed by atoms with Gasteiger partial charge in [0.25, 0.3) is 0 Å². The fraction of sp³-hybridized carbons (Fsp3) is 0.167. The van der Waals surface area contributed by atoms with Crippen LogP contribution in [0.5, 0.6) is 0 Å². The fourth-order valence-electron chi connectivity index (χ4n) is 0.894. The molecule has 2 heterocycles. The van der Waals surface area contributed by atoms with E-state index >= 15 is 0 Å². The molecular weight excluding hydrogens is 172 g/mol. The van der Waals surface area contributed by atoms with Crippen molar-refractivity contribution in [2.24, 2.45) is 7.05 Å². The van der Waals surface area contributed by atoms with Crippen LogP contribution in [-0.2, 0) is 7.05 Å². The Labute approximate surface area is 72.8 Å². The predicted molar refractivity (Wildman–Crippen MR) is 40.8 cm³/mol. The van der Waals surface area contributed by atoms with Gasteiger partial charge in [-0.2, -0.15) is 15.4 Å². The first kappa shape index (κ1) is 7.59. The average molecular weight is 178 g/mol. The van der Waals surface area contributed by atoms with Crippen molar-refractivity contribution in [2.75, 3.05) is 0 Å². The molecule has 0 unspecified atom stereocenters. The summed E-state index contributed by atoms with van der Waals surface area (Å²) in [4.78, 5) is 11.5. The van der Waals surface area contributed by atoms with Crippen LogP contribution in [-0.4, -0.2) is 36.2 Å². The van der Waals surface area contributed by atoms with Gasteiger partial charge in [-0.25, -0.2) is 0 Å². The summed E-state index contributed by atoms with van der Waals surface area (Å²) >= 11 is 0. The Morgan fingerprint density at radius 1 is 1.54 bits per heavy atom. The Kier molecular flexibility index (Phi) is 1.62. The van der Waals surface area contributed by atoms with Gasteiger partial charge in [0.2, 0.25) is 5.78 Å². The standard InChI is InChI=1S/C6H6N6O/c1-12-3-5(9-11-12)6(13)4-2-7-10-8-4/h2-3H,1H3,(H,7,8,10). The largest absolute Gasteiger partial charge is 0.285 e. The number of ketones is 1. The number of nitrogens with zero attached hydrogens (tertiary/aromatic N) is 5. The van der Waals surface area contributed by atoms with Gasteiger partial charge in [-0.15, -0.1) is 5.10 Å². The van der Waals surface area contributed by atoms with Gasteiger partial charge in [0.1, 0.15) is 0 Å². The van der Waals surface area contributed by atoms with Gasteiger partial charge in [0.05, 0.1) is 12.4 Å². The van der Waals surface area contributed by atoms with Gasteiger partial charge >= 0.3 is 0 Å². The lowest BCUT2D eigenvalue weighted by Crippen LogP contribution is -2.02. The van der Waals surface area contributed by atoms with Crippen molar-refractivity contribution in [2.45, 2.75) is 0 Å². The quantitative estimate of drug-likeness (QED) is 0.606. The summed E-state index contributed by atoms with van der Waals surface area (Å²) in [6.45, 7) is 0. The molecule has 0 atom stereocenters. The van der Waals surface area contributed by atoms with Crippen LogP contribution in [0.25, 0.3) is 0 Å². The normalized spacial score (nSPS) is 10.2. The number of nitrogens with one attached hydrogen (secondary N) is 1. The van der Waals surface area contributed by atoms with E-state index in [1.54, 1.807) is 7.05 Å². The lowest BCUT2D eigenvalue weighted by Gasteiger charge is -1.86. The zero-order valence-electron chi connectivity index (χ0n) is 6.80. The molecule has 2 aromatic heterocycles. The van der Waals surface area contributed by atoms with Gasteiger partial charge < -0.3 is 0 Å². The molecule has 0 aliphatic carbocycles. The van der Waals surface area contributed by atoms with Crippen molar-refractivity contribution in [1.29, 1.82) is 0 Å². The molecule has 0 aliphatic heterocycles. The van der Waals surface area contributed by atoms with E-state index in [2.05, 4.69) is 25.7 Å².